The van der Waals surface area contributed by atoms with Crippen LogP contribution in [0.25, 0.3) is 0 Å². The summed E-state index contributed by atoms with van der Waals surface area (Å²) in [6.07, 6.45) is -3.92. The second kappa shape index (κ2) is 9.44. The maximum Gasteiger partial charge on any atom is 0.418 e. The van der Waals surface area contributed by atoms with Gasteiger partial charge in [0.15, 0.2) is 5.16 Å². The molecule has 0 spiro atoms. The molecule has 1 aromatic heterocycles. The number of nitrogens with one attached hydrogen (secondary N) is 1. The molecule has 1 amide bonds. The Kier molecular flexibility index (Phi) is 7.14. The first-order chi connectivity index (χ1) is 14.2. The fourth-order valence-corrected chi connectivity index (χ4v) is 4.93. The molecule has 1 aliphatic heterocycles. The Labute approximate surface area is 179 Å². The molecule has 162 valence electrons. The number of ether oxygens (including phenoxy) is 1. The Morgan fingerprint density at radius 2 is 2.13 bits per heavy atom. The second-order valence-corrected chi connectivity index (χ2v) is 9.02. The van der Waals surface area contributed by atoms with Crippen molar-refractivity contribution in [3.05, 3.63) is 45.9 Å². The molecule has 0 aliphatic carbocycles. The lowest BCUT2D eigenvalue weighted by atomic mass is 10.1. The lowest BCUT2D eigenvalue weighted by molar-refractivity contribution is -0.137. The summed E-state index contributed by atoms with van der Waals surface area (Å²) in [4.78, 5) is 30.3. The molecule has 2 heterocycles. The molecule has 3 rings (SSSR count). The topological polar surface area (TPSA) is 73.2 Å². The van der Waals surface area contributed by atoms with E-state index in [9.17, 15) is 22.8 Å². The van der Waals surface area contributed by atoms with Gasteiger partial charge in [0.2, 0.25) is 5.91 Å². The Morgan fingerprint density at radius 1 is 1.40 bits per heavy atom. The van der Waals surface area contributed by atoms with Crippen LogP contribution in [0.1, 0.15) is 18.2 Å². The van der Waals surface area contributed by atoms with Gasteiger partial charge in [0.05, 0.1) is 40.7 Å². The third kappa shape index (κ3) is 5.19. The summed E-state index contributed by atoms with van der Waals surface area (Å²) in [5.74, 6) is -0.805. The van der Waals surface area contributed by atoms with Crippen molar-refractivity contribution in [1.29, 1.82) is 0 Å². The van der Waals surface area contributed by atoms with Crippen LogP contribution in [-0.4, -0.2) is 40.2 Å². The molecule has 0 radical (unpaired) electrons. The summed E-state index contributed by atoms with van der Waals surface area (Å²) in [5.41, 5.74) is -0.713. The SMILES string of the molecule is COCCn1c(SCC(=O)Nc2ccccc2C(F)(F)F)nc2c(c1=O)S[C@@H](C)C2. The van der Waals surface area contributed by atoms with Crippen molar-refractivity contribution < 1.29 is 22.7 Å². The van der Waals surface area contributed by atoms with Gasteiger partial charge in [-0.1, -0.05) is 30.8 Å². The number of rotatable bonds is 7. The number of benzene rings is 1. The Bertz CT molecular complexity index is 995. The third-order valence-electron chi connectivity index (χ3n) is 4.32. The first-order valence-corrected chi connectivity index (χ1v) is 11.0. The fraction of sp³-hybridized carbons (Fsp3) is 0.421. The van der Waals surface area contributed by atoms with Crippen LogP contribution >= 0.6 is 23.5 Å². The number of fused-ring (bicyclic) bond motifs is 1. The first kappa shape index (κ1) is 22.7. The average Bonchev–Trinajstić information content (AvgIpc) is 3.06. The molecule has 1 N–H and O–H groups in total. The van der Waals surface area contributed by atoms with Gasteiger partial charge >= 0.3 is 6.18 Å². The van der Waals surface area contributed by atoms with Crippen LogP contribution in [0, 0.1) is 0 Å². The number of amides is 1. The molecule has 1 atom stereocenters. The quantitative estimate of drug-likeness (QED) is 0.503. The van der Waals surface area contributed by atoms with E-state index in [0.717, 1.165) is 17.8 Å². The number of nitrogens with zero attached hydrogens (tertiary/aromatic N) is 2. The molecule has 6 nitrogen and oxygen atoms in total. The average molecular weight is 460 g/mol. The second-order valence-electron chi connectivity index (χ2n) is 6.63. The van der Waals surface area contributed by atoms with Crippen LogP contribution < -0.4 is 10.9 Å². The Hall–Kier alpha value is -1.98. The summed E-state index contributed by atoms with van der Waals surface area (Å²) in [5, 5.41) is 2.89. The van der Waals surface area contributed by atoms with Crippen molar-refractivity contribution in [1.82, 2.24) is 9.55 Å². The molecular weight excluding hydrogens is 439 g/mol. The van der Waals surface area contributed by atoms with Gasteiger partial charge in [-0.25, -0.2) is 4.98 Å². The summed E-state index contributed by atoms with van der Waals surface area (Å²) in [6, 6.07) is 4.79. The minimum Gasteiger partial charge on any atom is -0.383 e. The van der Waals surface area contributed by atoms with Gasteiger partial charge in [-0.05, 0) is 12.1 Å². The van der Waals surface area contributed by atoms with Crippen LogP contribution in [0.4, 0.5) is 18.9 Å². The monoisotopic (exact) mass is 459 g/mol. The van der Waals surface area contributed by atoms with Crippen molar-refractivity contribution in [3.8, 4) is 0 Å². The maximum atomic E-state index is 13.1. The van der Waals surface area contributed by atoms with E-state index in [4.69, 9.17) is 4.74 Å². The number of hydrogen-bond acceptors (Lipinski definition) is 6. The molecule has 30 heavy (non-hydrogen) atoms. The van der Waals surface area contributed by atoms with Crippen LogP contribution in [0.2, 0.25) is 0 Å². The van der Waals surface area contributed by atoms with Gasteiger partial charge in [-0.2, -0.15) is 13.2 Å². The van der Waals surface area contributed by atoms with Crippen LogP contribution in [0.5, 0.6) is 0 Å². The first-order valence-electron chi connectivity index (χ1n) is 9.09. The summed E-state index contributed by atoms with van der Waals surface area (Å²) in [7, 11) is 1.51. The standard InChI is InChI=1S/C19H20F3N3O3S2/c1-11-9-14-16(30-11)17(27)25(7-8-28-2)18(24-14)29-10-15(26)23-13-6-4-3-5-12(13)19(20,21)22/h3-6,11H,7-10H2,1-2H3,(H,23,26)/t11-/m0/s1. The zero-order chi connectivity index (χ0) is 21.9. The highest BCUT2D eigenvalue weighted by Gasteiger charge is 2.33. The number of anilines is 1. The molecule has 0 unspecified atom stereocenters. The van der Waals surface area contributed by atoms with E-state index in [2.05, 4.69) is 10.3 Å². The van der Waals surface area contributed by atoms with E-state index in [-0.39, 0.29) is 28.8 Å². The van der Waals surface area contributed by atoms with E-state index < -0.39 is 17.6 Å². The number of thioether (sulfide) groups is 2. The summed E-state index contributed by atoms with van der Waals surface area (Å²) >= 11 is 2.49. The van der Waals surface area contributed by atoms with Gasteiger partial charge < -0.3 is 10.1 Å². The summed E-state index contributed by atoms with van der Waals surface area (Å²) in [6.45, 7) is 2.56. The Balaban J connectivity index is 1.77. The highest BCUT2D eigenvalue weighted by molar-refractivity contribution is 8.00. The highest BCUT2D eigenvalue weighted by atomic mass is 32.2. The molecule has 1 aliphatic rings. The van der Waals surface area contributed by atoms with E-state index in [1.165, 1.54) is 41.6 Å². The predicted molar refractivity (Wildman–Crippen MR) is 110 cm³/mol. The van der Waals surface area contributed by atoms with E-state index in [1.807, 2.05) is 6.92 Å². The third-order valence-corrected chi connectivity index (χ3v) is 6.51. The van der Waals surface area contributed by atoms with Gasteiger partial charge in [-0.3, -0.25) is 14.2 Å². The minimum absolute atomic E-state index is 0.184. The van der Waals surface area contributed by atoms with Gasteiger partial charge in [0.1, 0.15) is 0 Å². The van der Waals surface area contributed by atoms with Gasteiger partial charge in [0, 0.05) is 18.8 Å². The molecule has 2 aromatic rings. The van der Waals surface area contributed by atoms with Crippen molar-refractivity contribution >= 4 is 35.1 Å². The van der Waals surface area contributed by atoms with Crippen molar-refractivity contribution in [2.45, 2.75) is 41.4 Å². The number of halogens is 3. The number of aromatic nitrogens is 2. The van der Waals surface area contributed by atoms with Crippen LogP contribution in [0.15, 0.2) is 39.1 Å². The van der Waals surface area contributed by atoms with Crippen molar-refractivity contribution in [2.24, 2.45) is 0 Å². The number of alkyl halides is 3. The number of para-hydroxylation sites is 1. The number of methoxy groups -OCH3 is 1. The van der Waals surface area contributed by atoms with Crippen molar-refractivity contribution in [3.63, 3.8) is 0 Å². The molecule has 0 saturated heterocycles. The van der Waals surface area contributed by atoms with Crippen molar-refractivity contribution in [2.75, 3.05) is 24.8 Å². The zero-order valence-electron chi connectivity index (χ0n) is 16.3. The molecule has 11 heteroatoms. The number of carbonyl (C=O) groups is 1. The van der Waals surface area contributed by atoms with E-state index in [1.54, 1.807) is 0 Å². The number of carbonyl (C=O) groups excluding carboxylic acids is 1. The highest BCUT2D eigenvalue weighted by Crippen LogP contribution is 2.35. The molecule has 0 saturated carbocycles. The maximum absolute atomic E-state index is 13.1. The fourth-order valence-electron chi connectivity index (χ4n) is 2.98. The van der Waals surface area contributed by atoms with E-state index in [0.29, 0.717) is 28.8 Å². The van der Waals surface area contributed by atoms with Gasteiger partial charge in [-0.15, -0.1) is 11.8 Å². The summed E-state index contributed by atoms with van der Waals surface area (Å²) < 4.78 is 45.8. The molecule has 1 aromatic carbocycles. The van der Waals surface area contributed by atoms with E-state index >= 15 is 0 Å². The van der Waals surface area contributed by atoms with Crippen LogP contribution in [0.3, 0.4) is 0 Å². The Morgan fingerprint density at radius 3 is 2.83 bits per heavy atom. The smallest absolute Gasteiger partial charge is 0.383 e. The molecular formula is C19H20F3N3O3S2. The van der Waals surface area contributed by atoms with Gasteiger partial charge in [0.25, 0.3) is 5.56 Å². The predicted octanol–water partition coefficient (Wildman–Crippen LogP) is 3.68. The molecule has 0 fully saturated rings. The number of hydrogen-bond donors (Lipinski definition) is 1. The minimum atomic E-state index is -4.58. The van der Waals surface area contributed by atoms with Crippen LogP contribution in [-0.2, 0) is 28.7 Å². The lowest BCUT2D eigenvalue weighted by Crippen LogP contribution is -2.27. The lowest BCUT2D eigenvalue weighted by Gasteiger charge is -2.15. The normalized spacial score (nSPS) is 15.8. The largest absolute Gasteiger partial charge is 0.418 e. The molecule has 0 bridgehead atoms. The zero-order valence-corrected chi connectivity index (χ0v) is 17.9.